The lowest BCUT2D eigenvalue weighted by Gasteiger charge is -2.13. The number of ether oxygens (including phenoxy) is 1. The van der Waals surface area contributed by atoms with Crippen LogP contribution in [0.3, 0.4) is 0 Å². The number of phenolic OH excluding ortho intramolecular Hbond substituents is 1. The van der Waals surface area contributed by atoms with Gasteiger partial charge in [0.2, 0.25) is 5.89 Å². The summed E-state index contributed by atoms with van der Waals surface area (Å²) in [6.45, 7) is 0. The fourth-order valence-corrected chi connectivity index (χ4v) is 5.06. The molecule has 0 aliphatic rings. The van der Waals surface area contributed by atoms with Crippen LogP contribution in [0.4, 0.5) is 0 Å². The largest absolute Gasteiger partial charge is 0.505 e. The second-order valence-corrected chi connectivity index (χ2v) is 9.16. The zero-order chi connectivity index (χ0) is 22.0. The lowest BCUT2D eigenvalue weighted by molar-refractivity contribution is 0.411. The Balaban J connectivity index is 1.78. The molecule has 1 N–H and O–H groups in total. The summed E-state index contributed by atoms with van der Waals surface area (Å²) in [5.74, 6) is -0.287. The third-order valence-corrected chi connectivity index (χ3v) is 6.74. The van der Waals surface area contributed by atoms with E-state index in [0.29, 0.717) is 16.9 Å². The van der Waals surface area contributed by atoms with E-state index in [1.807, 2.05) is 36.4 Å². The van der Waals surface area contributed by atoms with Crippen molar-refractivity contribution in [3.8, 4) is 34.1 Å². The van der Waals surface area contributed by atoms with Crippen molar-refractivity contribution < 1.29 is 22.7 Å². The Morgan fingerprint density at radius 2 is 1.81 bits per heavy atom. The monoisotopic (exact) mass is 455 g/mol. The SMILES string of the molecule is COc1ccc(-c2ccccc2)cc1CS(=O)(=O)c1cc(-c2ncco2)cc(Cl)c1O. The van der Waals surface area contributed by atoms with Crippen LogP contribution in [0, 0.1) is 0 Å². The molecule has 8 heteroatoms. The van der Waals surface area contributed by atoms with E-state index >= 15 is 0 Å². The van der Waals surface area contributed by atoms with Gasteiger partial charge in [0, 0.05) is 11.1 Å². The fraction of sp³-hybridized carbons (Fsp3) is 0.0870. The van der Waals surface area contributed by atoms with Gasteiger partial charge in [-0.1, -0.05) is 48.0 Å². The van der Waals surface area contributed by atoms with Crippen LogP contribution in [-0.2, 0) is 15.6 Å². The quantitative estimate of drug-likeness (QED) is 0.421. The van der Waals surface area contributed by atoms with Crippen molar-refractivity contribution in [1.29, 1.82) is 0 Å². The van der Waals surface area contributed by atoms with Crippen molar-refractivity contribution >= 4 is 21.4 Å². The zero-order valence-corrected chi connectivity index (χ0v) is 18.0. The molecular formula is C23H18ClNO5S. The van der Waals surface area contributed by atoms with E-state index in [9.17, 15) is 13.5 Å². The molecule has 6 nitrogen and oxygen atoms in total. The molecule has 1 aromatic heterocycles. The molecule has 0 amide bonds. The molecule has 0 spiro atoms. The molecule has 0 unspecified atom stereocenters. The van der Waals surface area contributed by atoms with E-state index in [1.165, 1.54) is 31.7 Å². The normalized spacial score (nSPS) is 11.4. The Hall–Kier alpha value is -3.29. The number of hydrogen-bond donors (Lipinski definition) is 1. The first kappa shape index (κ1) is 21.0. The number of halogens is 1. The Kier molecular flexibility index (Phi) is 5.71. The van der Waals surface area contributed by atoms with Crippen LogP contribution in [-0.4, -0.2) is 25.6 Å². The van der Waals surface area contributed by atoms with Crippen molar-refractivity contribution in [2.45, 2.75) is 10.6 Å². The standard InChI is InChI=1S/C23H18ClNO5S/c1-29-20-8-7-16(15-5-3-2-4-6-15)11-18(20)14-31(27,28)21-13-17(12-19(24)22(21)26)23-25-9-10-30-23/h2-13,26H,14H2,1H3. The highest BCUT2D eigenvalue weighted by molar-refractivity contribution is 7.90. The first-order valence-electron chi connectivity index (χ1n) is 9.26. The zero-order valence-electron chi connectivity index (χ0n) is 16.4. The predicted octanol–water partition coefficient (Wildman–Crippen LogP) is 5.35. The highest BCUT2D eigenvalue weighted by Gasteiger charge is 2.25. The number of aromatic nitrogens is 1. The van der Waals surface area contributed by atoms with E-state index < -0.39 is 21.3 Å². The molecule has 4 aromatic rings. The number of rotatable bonds is 6. The van der Waals surface area contributed by atoms with Gasteiger partial charge in [-0.15, -0.1) is 0 Å². The Morgan fingerprint density at radius 3 is 2.48 bits per heavy atom. The average Bonchev–Trinajstić information content (AvgIpc) is 3.30. The summed E-state index contributed by atoms with van der Waals surface area (Å²) in [5, 5.41) is 10.3. The van der Waals surface area contributed by atoms with Gasteiger partial charge in [0.1, 0.15) is 16.9 Å². The first-order chi connectivity index (χ1) is 14.9. The smallest absolute Gasteiger partial charge is 0.225 e. The molecule has 0 fully saturated rings. The van der Waals surface area contributed by atoms with Crippen molar-refractivity contribution in [1.82, 2.24) is 4.98 Å². The summed E-state index contributed by atoms with van der Waals surface area (Å²) in [7, 11) is -2.52. The highest BCUT2D eigenvalue weighted by Crippen LogP contribution is 2.38. The maximum Gasteiger partial charge on any atom is 0.225 e. The Bertz CT molecular complexity index is 1320. The molecule has 0 bridgehead atoms. The van der Waals surface area contributed by atoms with Gasteiger partial charge < -0.3 is 14.3 Å². The number of oxazole rings is 1. The summed E-state index contributed by atoms with van der Waals surface area (Å²) < 4.78 is 37.2. The van der Waals surface area contributed by atoms with Gasteiger partial charge in [-0.25, -0.2) is 13.4 Å². The third kappa shape index (κ3) is 4.28. The molecule has 3 aromatic carbocycles. The van der Waals surface area contributed by atoms with Crippen LogP contribution in [0.5, 0.6) is 11.5 Å². The second kappa shape index (κ2) is 8.45. The van der Waals surface area contributed by atoms with Crippen molar-refractivity contribution in [2.75, 3.05) is 7.11 Å². The average molecular weight is 456 g/mol. The molecule has 31 heavy (non-hydrogen) atoms. The lowest BCUT2D eigenvalue weighted by Crippen LogP contribution is -2.07. The van der Waals surface area contributed by atoms with Crippen LogP contribution in [0.15, 0.2) is 82.4 Å². The number of hydrogen-bond acceptors (Lipinski definition) is 6. The van der Waals surface area contributed by atoms with E-state index in [1.54, 1.807) is 12.1 Å². The minimum Gasteiger partial charge on any atom is -0.505 e. The number of nitrogens with zero attached hydrogens (tertiary/aromatic N) is 1. The number of methoxy groups -OCH3 is 1. The molecule has 4 rings (SSSR count). The summed E-state index contributed by atoms with van der Waals surface area (Å²) in [4.78, 5) is 3.71. The van der Waals surface area contributed by atoms with Crippen LogP contribution in [0.2, 0.25) is 5.02 Å². The maximum absolute atomic E-state index is 13.3. The number of aromatic hydroxyl groups is 1. The Morgan fingerprint density at radius 1 is 1.03 bits per heavy atom. The van der Waals surface area contributed by atoms with Crippen LogP contribution >= 0.6 is 11.6 Å². The molecule has 0 saturated heterocycles. The first-order valence-corrected chi connectivity index (χ1v) is 11.3. The molecule has 0 aliphatic carbocycles. The van der Waals surface area contributed by atoms with E-state index in [-0.39, 0.29) is 15.8 Å². The molecule has 1 heterocycles. The third-order valence-electron chi connectivity index (χ3n) is 4.78. The molecule has 0 atom stereocenters. The van der Waals surface area contributed by atoms with Gasteiger partial charge in [0.05, 0.1) is 24.1 Å². The molecule has 0 radical (unpaired) electrons. The maximum atomic E-state index is 13.3. The Labute approximate surface area is 184 Å². The van der Waals surface area contributed by atoms with Gasteiger partial charge >= 0.3 is 0 Å². The summed E-state index contributed by atoms with van der Waals surface area (Å²) in [6, 6.07) is 17.7. The number of phenols is 1. The minimum absolute atomic E-state index is 0.112. The molecule has 158 valence electrons. The lowest BCUT2D eigenvalue weighted by atomic mass is 10.0. The van der Waals surface area contributed by atoms with Gasteiger partial charge in [0.15, 0.2) is 15.6 Å². The van der Waals surface area contributed by atoms with Crippen LogP contribution in [0.1, 0.15) is 5.56 Å². The second-order valence-electron chi connectivity index (χ2n) is 6.79. The van der Waals surface area contributed by atoms with E-state index in [0.717, 1.165) is 11.1 Å². The van der Waals surface area contributed by atoms with E-state index in [4.69, 9.17) is 20.8 Å². The van der Waals surface area contributed by atoms with Gasteiger partial charge in [-0.2, -0.15) is 0 Å². The number of sulfone groups is 1. The molecular weight excluding hydrogens is 438 g/mol. The summed E-state index contributed by atoms with van der Waals surface area (Å²) in [6.07, 6.45) is 2.80. The van der Waals surface area contributed by atoms with Gasteiger partial charge in [0.25, 0.3) is 0 Å². The minimum atomic E-state index is -4.00. The van der Waals surface area contributed by atoms with Crippen molar-refractivity contribution in [3.05, 3.63) is 83.7 Å². The van der Waals surface area contributed by atoms with E-state index in [2.05, 4.69) is 4.98 Å². The van der Waals surface area contributed by atoms with Gasteiger partial charge in [-0.05, 0) is 35.4 Å². The number of benzene rings is 3. The van der Waals surface area contributed by atoms with Crippen molar-refractivity contribution in [2.24, 2.45) is 0 Å². The molecule has 0 aliphatic heterocycles. The van der Waals surface area contributed by atoms with Crippen LogP contribution < -0.4 is 4.74 Å². The fourth-order valence-electron chi connectivity index (χ4n) is 3.28. The van der Waals surface area contributed by atoms with Crippen molar-refractivity contribution in [3.63, 3.8) is 0 Å². The topological polar surface area (TPSA) is 89.6 Å². The molecule has 0 saturated carbocycles. The summed E-state index contributed by atoms with van der Waals surface area (Å²) >= 11 is 6.10. The highest BCUT2D eigenvalue weighted by atomic mass is 35.5. The summed E-state index contributed by atoms with van der Waals surface area (Å²) in [5.41, 5.74) is 2.60. The predicted molar refractivity (Wildman–Crippen MR) is 118 cm³/mol. The van der Waals surface area contributed by atoms with Crippen LogP contribution in [0.25, 0.3) is 22.6 Å². The van der Waals surface area contributed by atoms with Gasteiger partial charge in [-0.3, -0.25) is 0 Å².